The molecule has 0 saturated heterocycles. The van der Waals surface area contributed by atoms with Gasteiger partial charge in [0.05, 0.1) is 6.42 Å². The molecule has 0 bridgehead atoms. The molecule has 108 valence electrons. The monoisotopic (exact) mass is 275 g/mol. The van der Waals surface area contributed by atoms with Gasteiger partial charge in [0.2, 0.25) is 0 Å². The molecule has 0 atom stereocenters. The van der Waals surface area contributed by atoms with Crippen LogP contribution in [0, 0.1) is 0 Å². The van der Waals surface area contributed by atoms with Crippen molar-refractivity contribution in [3.05, 3.63) is 23.9 Å². The molecule has 3 nitrogen and oxygen atoms in total. The first-order valence-electron chi connectivity index (χ1n) is 6.36. The minimum Gasteiger partial charge on any atom is -0.359 e. The summed E-state index contributed by atoms with van der Waals surface area (Å²) in [5.41, 5.74) is 1.03. The lowest BCUT2D eigenvalue weighted by Crippen LogP contribution is -2.24. The van der Waals surface area contributed by atoms with Crippen LogP contribution in [0.1, 0.15) is 25.3 Å². The van der Waals surface area contributed by atoms with E-state index in [4.69, 9.17) is 0 Å². The molecule has 19 heavy (non-hydrogen) atoms. The first-order chi connectivity index (χ1) is 8.92. The van der Waals surface area contributed by atoms with Crippen molar-refractivity contribution in [2.45, 2.75) is 32.5 Å². The van der Waals surface area contributed by atoms with Crippen molar-refractivity contribution in [1.29, 1.82) is 0 Å². The molecule has 0 spiro atoms. The molecule has 1 rings (SSSR count). The number of anilines is 1. The van der Waals surface area contributed by atoms with Gasteiger partial charge in [-0.2, -0.15) is 13.2 Å². The van der Waals surface area contributed by atoms with Gasteiger partial charge in [0.1, 0.15) is 5.82 Å². The maximum Gasteiger partial charge on any atom is 0.390 e. The van der Waals surface area contributed by atoms with Gasteiger partial charge in [-0.05, 0) is 24.6 Å². The van der Waals surface area contributed by atoms with Gasteiger partial charge in [-0.15, -0.1) is 0 Å². The number of halogens is 3. The van der Waals surface area contributed by atoms with Crippen LogP contribution in [0.5, 0.6) is 0 Å². The number of hydrogen-bond acceptors (Lipinski definition) is 3. The van der Waals surface area contributed by atoms with Crippen molar-refractivity contribution in [2.75, 3.05) is 25.0 Å². The highest BCUT2D eigenvalue weighted by Gasteiger charge is 2.27. The zero-order chi connectivity index (χ0) is 14.3. The van der Waals surface area contributed by atoms with Crippen LogP contribution < -0.4 is 10.2 Å². The minimum absolute atomic E-state index is 0.0794. The Balaban J connectivity index is 2.46. The van der Waals surface area contributed by atoms with E-state index in [0.717, 1.165) is 25.1 Å². The van der Waals surface area contributed by atoms with Crippen LogP contribution in [-0.4, -0.2) is 31.3 Å². The standard InChI is InChI=1S/C13H20F3N3/c1-3-7-17-9-11-4-5-12(18-10-11)19(2)8-6-13(14,15)16/h4-5,10,17H,3,6-9H2,1-2H3. The van der Waals surface area contributed by atoms with Crippen molar-refractivity contribution in [3.8, 4) is 0 Å². The first kappa shape index (κ1) is 15.8. The second-order valence-electron chi connectivity index (χ2n) is 4.49. The molecule has 0 aliphatic carbocycles. The molecule has 0 amide bonds. The van der Waals surface area contributed by atoms with E-state index in [2.05, 4.69) is 17.2 Å². The number of hydrogen-bond donors (Lipinski definition) is 1. The summed E-state index contributed by atoms with van der Waals surface area (Å²) in [4.78, 5) is 5.69. The number of aromatic nitrogens is 1. The van der Waals surface area contributed by atoms with Crippen molar-refractivity contribution in [3.63, 3.8) is 0 Å². The van der Waals surface area contributed by atoms with Crippen LogP contribution in [0.25, 0.3) is 0 Å². The topological polar surface area (TPSA) is 28.2 Å². The molecule has 6 heteroatoms. The molecule has 0 aliphatic rings. The Morgan fingerprint density at radius 2 is 2.05 bits per heavy atom. The van der Waals surface area contributed by atoms with Gasteiger partial charge in [0.15, 0.2) is 0 Å². The van der Waals surface area contributed by atoms with Crippen LogP contribution in [0.4, 0.5) is 19.0 Å². The smallest absolute Gasteiger partial charge is 0.359 e. The molecule has 0 aromatic carbocycles. The SMILES string of the molecule is CCCNCc1ccc(N(C)CCC(F)(F)F)nc1. The van der Waals surface area contributed by atoms with Crippen LogP contribution in [0.15, 0.2) is 18.3 Å². The molecular formula is C13H20F3N3. The number of nitrogens with one attached hydrogen (secondary N) is 1. The molecule has 0 fully saturated rings. The number of pyridine rings is 1. The van der Waals surface area contributed by atoms with E-state index < -0.39 is 12.6 Å². The lowest BCUT2D eigenvalue weighted by Gasteiger charge is -2.19. The fraction of sp³-hybridized carbons (Fsp3) is 0.615. The summed E-state index contributed by atoms with van der Waals surface area (Å²) in [5, 5.41) is 3.24. The third kappa shape index (κ3) is 6.42. The van der Waals surface area contributed by atoms with Crippen molar-refractivity contribution >= 4 is 5.82 Å². The molecule has 0 saturated carbocycles. The van der Waals surface area contributed by atoms with Crippen LogP contribution >= 0.6 is 0 Å². The van der Waals surface area contributed by atoms with Gasteiger partial charge in [-0.25, -0.2) is 4.98 Å². The highest BCUT2D eigenvalue weighted by atomic mass is 19.4. The molecule has 1 heterocycles. The van der Waals surface area contributed by atoms with E-state index in [0.29, 0.717) is 5.82 Å². The number of nitrogens with zero attached hydrogens (tertiary/aromatic N) is 2. The maximum atomic E-state index is 12.1. The predicted molar refractivity (Wildman–Crippen MR) is 70.2 cm³/mol. The summed E-state index contributed by atoms with van der Waals surface area (Å²) in [7, 11) is 1.61. The lowest BCUT2D eigenvalue weighted by atomic mass is 10.2. The molecule has 0 radical (unpaired) electrons. The van der Waals surface area contributed by atoms with Crippen molar-refractivity contribution < 1.29 is 13.2 Å². The van der Waals surface area contributed by atoms with E-state index in [1.54, 1.807) is 19.3 Å². The Bertz CT molecular complexity index is 362. The number of alkyl halides is 3. The number of rotatable bonds is 7. The van der Waals surface area contributed by atoms with Gasteiger partial charge in [0, 0.05) is 26.3 Å². The third-order valence-electron chi connectivity index (χ3n) is 2.69. The summed E-state index contributed by atoms with van der Waals surface area (Å²) in [6.45, 7) is 3.68. The van der Waals surface area contributed by atoms with E-state index in [9.17, 15) is 13.2 Å². The van der Waals surface area contributed by atoms with Gasteiger partial charge in [0.25, 0.3) is 0 Å². The summed E-state index contributed by atoms with van der Waals surface area (Å²) in [5.74, 6) is 0.559. The quantitative estimate of drug-likeness (QED) is 0.775. The van der Waals surface area contributed by atoms with Crippen LogP contribution in [0.3, 0.4) is 0 Å². The lowest BCUT2D eigenvalue weighted by molar-refractivity contribution is -0.132. The Kier molecular flexibility index (Phi) is 6.08. The second kappa shape index (κ2) is 7.33. The normalized spacial score (nSPS) is 11.6. The molecule has 1 N–H and O–H groups in total. The molecule has 0 unspecified atom stereocenters. The molecule has 1 aromatic heterocycles. The van der Waals surface area contributed by atoms with Crippen molar-refractivity contribution in [2.24, 2.45) is 0 Å². The zero-order valence-corrected chi connectivity index (χ0v) is 11.3. The van der Waals surface area contributed by atoms with E-state index in [1.165, 1.54) is 4.90 Å². The first-order valence-corrected chi connectivity index (χ1v) is 6.36. The molecule has 0 aliphatic heterocycles. The highest BCUT2D eigenvalue weighted by molar-refractivity contribution is 5.38. The van der Waals surface area contributed by atoms with Gasteiger partial charge in [-0.1, -0.05) is 13.0 Å². The average Bonchev–Trinajstić information content (AvgIpc) is 2.36. The van der Waals surface area contributed by atoms with Gasteiger partial charge in [-0.3, -0.25) is 0 Å². The zero-order valence-electron chi connectivity index (χ0n) is 11.3. The van der Waals surface area contributed by atoms with Crippen molar-refractivity contribution in [1.82, 2.24) is 10.3 Å². The maximum absolute atomic E-state index is 12.1. The third-order valence-corrected chi connectivity index (χ3v) is 2.69. The predicted octanol–water partition coefficient (Wildman–Crippen LogP) is 2.97. The molecule has 1 aromatic rings. The summed E-state index contributed by atoms with van der Waals surface area (Å²) in [6, 6.07) is 3.63. The van der Waals surface area contributed by atoms with Crippen LogP contribution in [-0.2, 0) is 6.54 Å². The van der Waals surface area contributed by atoms with E-state index >= 15 is 0 Å². The Labute approximate surface area is 111 Å². The van der Waals surface area contributed by atoms with Gasteiger partial charge >= 0.3 is 6.18 Å². The highest BCUT2D eigenvalue weighted by Crippen LogP contribution is 2.20. The van der Waals surface area contributed by atoms with Gasteiger partial charge < -0.3 is 10.2 Å². The fourth-order valence-corrected chi connectivity index (χ4v) is 1.57. The summed E-state index contributed by atoms with van der Waals surface area (Å²) in [6.07, 6.45) is -2.20. The fourth-order valence-electron chi connectivity index (χ4n) is 1.57. The van der Waals surface area contributed by atoms with E-state index in [-0.39, 0.29) is 6.54 Å². The van der Waals surface area contributed by atoms with Crippen LogP contribution in [0.2, 0.25) is 0 Å². The Morgan fingerprint density at radius 1 is 1.32 bits per heavy atom. The average molecular weight is 275 g/mol. The minimum atomic E-state index is -4.13. The van der Waals surface area contributed by atoms with E-state index in [1.807, 2.05) is 6.07 Å². The second-order valence-corrected chi connectivity index (χ2v) is 4.49. The Morgan fingerprint density at radius 3 is 2.58 bits per heavy atom. The largest absolute Gasteiger partial charge is 0.390 e. The summed E-state index contributed by atoms with van der Waals surface area (Å²) >= 11 is 0. The Hall–Kier alpha value is -1.30. The molecular weight excluding hydrogens is 255 g/mol. The summed E-state index contributed by atoms with van der Waals surface area (Å²) < 4.78 is 36.3.